The van der Waals surface area contributed by atoms with Crippen LogP contribution in [-0.2, 0) is 9.53 Å². The van der Waals surface area contributed by atoms with Crippen molar-refractivity contribution in [3.8, 4) is 0 Å². The SMILES string of the molecule is COCC1(C(=O)Nc2cccc(C(=O)N(C)C)c2)CCNCC1.Cl. The molecule has 2 amide bonds. The van der Waals surface area contributed by atoms with E-state index in [1.807, 2.05) is 0 Å². The second kappa shape index (κ2) is 9.01. The number of piperidine rings is 1. The monoisotopic (exact) mass is 355 g/mol. The lowest BCUT2D eigenvalue weighted by Crippen LogP contribution is -2.47. The number of methoxy groups -OCH3 is 1. The van der Waals surface area contributed by atoms with Gasteiger partial charge in [0.05, 0.1) is 12.0 Å². The Hall–Kier alpha value is -1.63. The minimum absolute atomic E-state index is 0. The first kappa shape index (κ1) is 20.4. The van der Waals surface area contributed by atoms with E-state index in [0.29, 0.717) is 17.9 Å². The maximum atomic E-state index is 12.8. The average molecular weight is 356 g/mol. The number of carbonyl (C=O) groups excluding carboxylic acids is 2. The lowest BCUT2D eigenvalue weighted by atomic mass is 9.78. The van der Waals surface area contributed by atoms with Crippen molar-refractivity contribution in [1.82, 2.24) is 10.2 Å². The minimum atomic E-state index is -0.512. The van der Waals surface area contributed by atoms with Gasteiger partial charge in [-0.2, -0.15) is 0 Å². The standard InChI is InChI=1S/C17H25N3O3.ClH/c1-20(2)15(21)13-5-4-6-14(11-13)19-16(22)17(12-23-3)7-9-18-10-8-17;/h4-6,11,18H,7-10,12H2,1-3H3,(H,19,22);1H. The number of hydrogen-bond donors (Lipinski definition) is 2. The number of amides is 2. The Morgan fingerprint density at radius 1 is 1.29 bits per heavy atom. The molecule has 1 fully saturated rings. The molecule has 1 aromatic carbocycles. The van der Waals surface area contributed by atoms with Crippen molar-refractivity contribution in [2.45, 2.75) is 12.8 Å². The van der Waals surface area contributed by atoms with Gasteiger partial charge in [0.2, 0.25) is 5.91 Å². The zero-order valence-corrected chi connectivity index (χ0v) is 15.2. The lowest BCUT2D eigenvalue weighted by molar-refractivity contribution is -0.130. The van der Waals surface area contributed by atoms with Gasteiger partial charge in [-0.25, -0.2) is 0 Å². The molecule has 0 atom stereocenters. The molecule has 24 heavy (non-hydrogen) atoms. The number of ether oxygens (including phenoxy) is 1. The highest BCUT2D eigenvalue weighted by Crippen LogP contribution is 2.31. The van der Waals surface area contributed by atoms with Crippen LogP contribution in [0.25, 0.3) is 0 Å². The molecule has 2 N–H and O–H groups in total. The van der Waals surface area contributed by atoms with Crippen LogP contribution in [0.3, 0.4) is 0 Å². The number of rotatable bonds is 5. The molecule has 1 aromatic rings. The minimum Gasteiger partial charge on any atom is -0.384 e. The third-order valence-corrected chi connectivity index (χ3v) is 4.24. The van der Waals surface area contributed by atoms with Crippen molar-refractivity contribution in [2.24, 2.45) is 5.41 Å². The smallest absolute Gasteiger partial charge is 0.253 e. The van der Waals surface area contributed by atoms with Crippen molar-refractivity contribution < 1.29 is 14.3 Å². The molecule has 0 aliphatic carbocycles. The molecular formula is C17H26ClN3O3. The summed E-state index contributed by atoms with van der Waals surface area (Å²) >= 11 is 0. The van der Waals surface area contributed by atoms with Crippen LogP contribution in [0.1, 0.15) is 23.2 Å². The number of anilines is 1. The number of benzene rings is 1. The first-order valence-corrected chi connectivity index (χ1v) is 7.81. The van der Waals surface area contributed by atoms with Crippen LogP contribution in [0.2, 0.25) is 0 Å². The first-order chi connectivity index (χ1) is 11.0. The van der Waals surface area contributed by atoms with Crippen molar-refractivity contribution in [2.75, 3.05) is 46.2 Å². The Balaban J connectivity index is 0.00000288. The number of nitrogens with zero attached hydrogens (tertiary/aromatic N) is 1. The van der Waals surface area contributed by atoms with Gasteiger partial charge in [-0.15, -0.1) is 12.4 Å². The van der Waals surface area contributed by atoms with Crippen molar-refractivity contribution in [1.29, 1.82) is 0 Å². The largest absolute Gasteiger partial charge is 0.384 e. The molecule has 2 rings (SSSR count). The van der Waals surface area contributed by atoms with Gasteiger partial charge >= 0.3 is 0 Å². The zero-order valence-electron chi connectivity index (χ0n) is 14.4. The van der Waals surface area contributed by atoms with Gasteiger partial charge in [0.25, 0.3) is 5.91 Å². The summed E-state index contributed by atoms with van der Waals surface area (Å²) in [6, 6.07) is 7.03. The fourth-order valence-corrected chi connectivity index (χ4v) is 2.87. The molecule has 134 valence electrons. The van der Waals surface area contributed by atoms with Gasteiger partial charge in [0.15, 0.2) is 0 Å². The van der Waals surface area contributed by atoms with Crippen LogP contribution >= 0.6 is 12.4 Å². The highest BCUT2D eigenvalue weighted by molar-refractivity contribution is 5.98. The van der Waals surface area contributed by atoms with E-state index in [9.17, 15) is 9.59 Å². The summed E-state index contributed by atoms with van der Waals surface area (Å²) in [7, 11) is 5.03. The number of hydrogen-bond acceptors (Lipinski definition) is 4. The van der Waals surface area contributed by atoms with E-state index in [2.05, 4.69) is 10.6 Å². The molecule has 0 saturated carbocycles. The molecular weight excluding hydrogens is 330 g/mol. The average Bonchev–Trinajstić information content (AvgIpc) is 2.55. The molecule has 0 radical (unpaired) electrons. The summed E-state index contributed by atoms with van der Waals surface area (Å²) in [4.78, 5) is 26.3. The highest BCUT2D eigenvalue weighted by atomic mass is 35.5. The molecule has 6 nitrogen and oxygen atoms in total. The maximum absolute atomic E-state index is 12.8. The Morgan fingerprint density at radius 3 is 2.54 bits per heavy atom. The third-order valence-electron chi connectivity index (χ3n) is 4.24. The van der Waals surface area contributed by atoms with E-state index < -0.39 is 5.41 Å². The lowest BCUT2D eigenvalue weighted by Gasteiger charge is -2.35. The summed E-state index contributed by atoms with van der Waals surface area (Å²) < 4.78 is 5.29. The summed E-state index contributed by atoms with van der Waals surface area (Å²) in [5, 5.41) is 6.22. The van der Waals surface area contributed by atoms with Gasteiger partial charge < -0.3 is 20.3 Å². The van der Waals surface area contributed by atoms with Crippen LogP contribution in [0, 0.1) is 5.41 Å². The van der Waals surface area contributed by atoms with Crippen LogP contribution in [0.15, 0.2) is 24.3 Å². The van der Waals surface area contributed by atoms with Gasteiger partial charge in [0.1, 0.15) is 0 Å². The topological polar surface area (TPSA) is 70.7 Å². The van der Waals surface area contributed by atoms with Crippen LogP contribution in [0.4, 0.5) is 5.69 Å². The zero-order chi connectivity index (χ0) is 16.9. The van der Waals surface area contributed by atoms with Crippen LogP contribution < -0.4 is 10.6 Å². The van der Waals surface area contributed by atoms with Crippen molar-refractivity contribution in [3.63, 3.8) is 0 Å². The van der Waals surface area contributed by atoms with E-state index >= 15 is 0 Å². The molecule has 0 bridgehead atoms. The Bertz CT molecular complexity index is 566. The van der Waals surface area contributed by atoms with Gasteiger partial charge in [-0.05, 0) is 44.1 Å². The number of carbonyl (C=O) groups is 2. The van der Waals surface area contributed by atoms with Gasteiger partial charge in [-0.3, -0.25) is 9.59 Å². The van der Waals surface area contributed by atoms with E-state index in [1.165, 1.54) is 4.90 Å². The molecule has 1 heterocycles. The summed E-state index contributed by atoms with van der Waals surface area (Å²) in [6.07, 6.45) is 1.48. The predicted molar refractivity (Wildman–Crippen MR) is 96.7 cm³/mol. The molecule has 0 aromatic heterocycles. The van der Waals surface area contributed by atoms with Crippen LogP contribution in [-0.4, -0.2) is 57.6 Å². The van der Waals surface area contributed by atoms with Gasteiger partial charge in [0, 0.05) is 32.5 Å². The van der Waals surface area contributed by atoms with E-state index in [-0.39, 0.29) is 24.2 Å². The Labute approximate surface area is 149 Å². The number of nitrogens with one attached hydrogen (secondary N) is 2. The molecule has 0 spiro atoms. The molecule has 1 aliphatic rings. The van der Waals surface area contributed by atoms with E-state index in [0.717, 1.165) is 25.9 Å². The van der Waals surface area contributed by atoms with Crippen molar-refractivity contribution >= 4 is 29.9 Å². The molecule has 1 aliphatic heterocycles. The molecule has 1 saturated heterocycles. The second-order valence-corrected chi connectivity index (χ2v) is 6.20. The van der Waals surface area contributed by atoms with E-state index in [4.69, 9.17) is 4.74 Å². The first-order valence-electron chi connectivity index (χ1n) is 7.81. The summed E-state index contributed by atoms with van der Waals surface area (Å²) in [5.41, 5.74) is 0.678. The maximum Gasteiger partial charge on any atom is 0.253 e. The molecule has 7 heteroatoms. The Kier molecular flexibility index (Phi) is 7.66. The number of halogens is 1. The Morgan fingerprint density at radius 2 is 1.96 bits per heavy atom. The molecule has 0 unspecified atom stereocenters. The predicted octanol–water partition coefficient (Wildman–Crippen LogP) is 1.76. The quantitative estimate of drug-likeness (QED) is 0.844. The van der Waals surface area contributed by atoms with Crippen LogP contribution in [0.5, 0.6) is 0 Å². The van der Waals surface area contributed by atoms with Gasteiger partial charge in [-0.1, -0.05) is 6.07 Å². The second-order valence-electron chi connectivity index (χ2n) is 6.20. The fourth-order valence-electron chi connectivity index (χ4n) is 2.87. The fraction of sp³-hybridized carbons (Fsp3) is 0.529. The summed E-state index contributed by atoms with van der Waals surface area (Å²) in [6.45, 7) is 2.00. The van der Waals surface area contributed by atoms with Crippen molar-refractivity contribution in [3.05, 3.63) is 29.8 Å². The summed E-state index contributed by atoms with van der Waals surface area (Å²) in [5.74, 6) is -0.134. The highest BCUT2D eigenvalue weighted by Gasteiger charge is 2.39. The van der Waals surface area contributed by atoms with E-state index in [1.54, 1.807) is 45.5 Å². The normalized spacial score (nSPS) is 16.0. The third kappa shape index (κ3) is 4.69.